The average molecular weight is 399 g/mol. The molecule has 0 aliphatic heterocycles. The van der Waals surface area contributed by atoms with Crippen molar-refractivity contribution in [1.82, 2.24) is 15.0 Å². The van der Waals surface area contributed by atoms with E-state index in [2.05, 4.69) is 15.0 Å². The van der Waals surface area contributed by atoms with Gasteiger partial charge in [0.15, 0.2) is 5.76 Å². The minimum Gasteiger partial charge on any atom is -0.463 e. The number of sulfonamides is 1. The minimum absolute atomic E-state index is 0.0256. The van der Waals surface area contributed by atoms with Crippen LogP contribution in [0.2, 0.25) is 0 Å². The number of nitrogens with one attached hydrogen (secondary N) is 2. The Morgan fingerprint density at radius 2 is 2.00 bits per heavy atom. The molecule has 0 unspecified atom stereocenters. The second-order valence-electron chi connectivity index (χ2n) is 6.27. The molecule has 0 radical (unpaired) electrons. The summed E-state index contributed by atoms with van der Waals surface area (Å²) >= 11 is 0. The van der Waals surface area contributed by atoms with E-state index in [0.717, 1.165) is 11.1 Å². The summed E-state index contributed by atoms with van der Waals surface area (Å²) in [5.74, 6) is 0.429. The van der Waals surface area contributed by atoms with Crippen LogP contribution >= 0.6 is 0 Å². The van der Waals surface area contributed by atoms with E-state index in [4.69, 9.17) is 4.42 Å². The van der Waals surface area contributed by atoms with Crippen molar-refractivity contribution in [3.8, 4) is 11.5 Å². The number of hydrogen-bond acceptors (Lipinski definition) is 5. The minimum atomic E-state index is -3.62. The molecule has 28 heavy (non-hydrogen) atoms. The molecule has 1 aromatic carbocycles. The number of furan rings is 1. The van der Waals surface area contributed by atoms with Crippen LogP contribution < -0.4 is 10.0 Å². The van der Waals surface area contributed by atoms with E-state index >= 15 is 0 Å². The van der Waals surface area contributed by atoms with Gasteiger partial charge in [-0.25, -0.2) is 13.1 Å². The third-order valence-electron chi connectivity index (χ3n) is 4.03. The lowest BCUT2D eigenvalue weighted by Crippen LogP contribution is -2.30. The van der Waals surface area contributed by atoms with Gasteiger partial charge in [0, 0.05) is 25.7 Å². The van der Waals surface area contributed by atoms with Crippen molar-refractivity contribution >= 4 is 15.9 Å². The van der Waals surface area contributed by atoms with Crippen molar-refractivity contribution in [1.29, 1.82) is 0 Å². The summed E-state index contributed by atoms with van der Waals surface area (Å²) in [7, 11) is -3.62. The van der Waals surface area contributed by atoms with Crippen molar-refractivity contribution < 1.29 is 17.6 Å². The quantitative estimate of drug-likeness (QED) is 0.606. The Morgan fingerprint density at radius 3 is 2.68 bits per heavy atom. The number of carbonyl (C=O) groups excluding carboxylic acids is 1. The van der Waals surface area contributed by atoms with Gasteiger partial charge in [-0.2, -0.15) is 0 Å². The first kappa shape index (κ1) is 19.8. The average Bonchev–Trinajstić information content (AvgIpc) is 3.21. The van der Waals surface area contributed by atoms with E-state index in [9.17, 15) is 13.2 Å². The third-order valence-corrected chi connectivity index (χ3v) is 5.49. The Hall–Kier alpha value is -2.97. The summed E-state index contributed by atoms with van der Waals surface area (Å²) in [4.78, 5) is 16.5. The highest BCUT2D eigenvalue weighted by atomic mass is 32.2. The number of hydrogen-bond donors (Lipinski definition) is 2. The zero-order chi connectivity index (χ0) is 20.0. The molecule has 0 saturated heterocycles. The van der Waals surface area contributed by atoms with E-state index in [1.807, 2.05) is 31.2 Å². The fourth-order valence-corrected chi connectivity index (χ4v) is 3.69. The summed E-state index contributed by atoms with van der Waals surface area (Å²) in [5.41, 5.74) is 2.40. The maximum Gasteiger partial charge on any atom is 0.240 e. The Kier molecular flexibility index (Phi) is 6.23. The highest BCUT2D eigenvalue weighted by Crippen LogP contribution is 2.17. The van der Waals surface area contributed by atoms with Crippen LogP contribution in [-0.4, -0.2) is 25.9 Å². The lowest BCUT2D eigenvalue weighted by Gasteiger charge is -2.08. The molecule has 0 aliphatic rings. The number of aryl methyl sites for hydroxylation is 1. The zero-order valence-corrected chi connectivity index (χ0v) is 16.2. The van der Waals surface area contributed by atoms with E-state index < -0.39 is 10.0 Å². The predicted octanol–water partition coefficient (Wildman–Crippen LogP) is 2.63. The van der Waals surface area contributed by atoms with Crippen molar-refractivity contribution in [3.63, 3.8) is 0 Å². The first-order chi connectivity index (χ1) is 13.4. The van der Waals surface area contributed by atoms with Gasteiger partial charge in [0.2, 0.25) is 15.9 Å². The van der Waals surface area contributed by atoms with Gasteiger partial charge >= 0.3 is 0 Å². The van der Waals surface area contributed by atoms with Crippen LogP contribution in [-0.2, 0) is 21.4 Å². The summed E-state index contributed by atoms with van der Waals surface area (Å²) in [6, 6.07) is 13.9. The van der Waals surface area contributed by atoms with E-state index in [1.165, 1.54) is 6.07 Å². The molecular weight excluding hydrogens is 378 g/mol. The number of pyridine rings is 1. The SMILES string of the molecule is Cc1cccc(S(=O)(=O)NCCC(=O)NCc2ccc(-c3ccco3)nc2)c1. The highest BCUT2D eigenvalue weighted by molar-refractivity contribution is 7.89. The molecule has 0 aliphatic carbocycles. The van der Waals surface area contributed by atoms with Crippen molar-refractivity contribution in [3.05, 3.63) is 72.1 Å². The summed E-state index contributed by atoms with van der Waals surface area (Å²) in [5, 5.41) is 2.75. The van der Waals surface area contributed by atoms with Gasteiger partial charge in [-0.15, -0.1) is 0 Å². The zero-order valence-electron chi connectivity index (χ0n) is 15.4. The molecule has 0 fully saturated rings. The molecule has 2 heterocycles. The topological polar surface area (TPSA) is 101 Å². The van der Waals surface area contributed by atoms with Crippen molar-refractivity contribution in [2.75, 3.05) is 6.54 Å². The van der Waals surface area contributed by atoms with E-state index in [1.54, 1.807) is 30.7 Å². The predicted molar refractivity (Wildman–Crippen MR) is 105 cm³/mol. The largest absolute Gasteiger partial charge is 0.463 e. The fraction of sp³-hybridized carbons (Fsp3) is 0.200. The molecule has 1 amide bonds. The maximum atomic E-state index is 12.2. The van der Waals surface area contributed by atoms with Gasteiger partial charge in [-0.3, -0.25) is 9.78 Å². The second kappa shape index (κ2) is 8.81. The number of aromatic nitrogens is 1. The van der Waals surface area contributed by atoms with Crippen LogP contribution in [0.4, 0.5) is 0 Å². The van der Waals surface area contributed by atoms with E-state index in [-0.39, 0.29) is 23.8 Å². The van der Waals surface area contributed by atoms with Gasteiger partial charge in [-0.1, -0.05) is 18.2 Å². The van der Waals surface area contributed by atoms with Crippen LogP contribution in [0.15, 0.2) is 70.3 Å². The summed E-state index contributed by atoms with van der Waals surface area (Å²) in [6.07, 6.45) is 3.29. The normalized spacial score (nSPS) is 11.3. The Balaban J connectivity index is 1.44. The Labute approximate surface area is 163 Å². The van der Waals surface area contributed by atoms with Crippen LogP contribution in [0.3, 0.4) is 0 Å². The lowest BCUT2D eigenvalue weighted by molar-refractivity contribution is -0.121. The number of nitrogens with zero attached hydrogens (tertiary/aromatic N) is 1. The van der Waals surface area contributed by atoms with Crippen LogP contribution in [0.1, 0.15) is 17.5 Å². The Morgan fingerprint density at radius 1 is 1.14 bits per heavy atom. The fourth-order valence-electron chi connectivity index (χ4n) is 2.55. The van der Waals surface area contributed by atoms with E-state index in [0.29, 0.717) is 18.0 Å². The summed E-state index contributed by atoms with van der Waals surface area (Å²) < 4.78 is 32.2. The summed E-state index contributed by atoms with van der Waals surface area (Å²) in [6.45, 7) is 2.16. The van der Waals surface area contributed by atoms with Gasteiger partial charge in [0.25, 0.3) is 0 Å². The molecule has 2 N–H and O–H groups in total. The van der Waals surface area contributed by atoms with Crippen LogP contribution in [0, 0.1) is 6.92 Å². The molecular formula is C20H21N3O4S. The lowest BCUT2D eigenvalue weighted by atomic mass is 10.2. The van der Waals surface area contributed by atoms with Crippen molar-refractivity contribution in [2.24, 2.45) is 0 Å². The van der Waals surface area contributed by atoms with Crippen LogP contribution in [0.25, 0.3) is 11.5 Å². The monoisotopic (exact) mass is 399 g/mol. The first-order valence-corrected chi connectivity index (χ1v) is 10.2. The molecule has 2 aromatic heterocycles. The first-order valence-electron chi connectivity index (χ1n) is 8.76. The molecule has 0 atom stereocenters. The molecule has 0 saturated carbocycles. The number of carbonyl (C=O) groups is 1. The van der Waals surface area contributed by atoms with Gasteiger partial charge in [0.1, 0.15) is 5.69 Å². The molecule has 3 rings (SSSR count). The number of amides is 1. The second-order valence-corrected chi connectivity index (χ2v) is 8.04. The molecule has 0 spiro atoms. The third kappa shape index (κ3) is 5.28. The number of benzene rings is 1. The standard InChI is InChI=1S/C20H21N3O4S/c1-15-4-2-5-17(12-15)28(25,26)23-10-9-20(24)22-14-16-7-8-18(21-13-16)19-6-3-11-27-19/h2-8,11-13,23H,9-10,14H2,1H3,(H,22,24). The molecule has 0 bridgehead atoms. The van der Waals surface area contributed by atoms with Crippen LogP contribution in [0.5, 0.6) is 0 Å². The maximum absolute atomic E-state index is 12.2. The van der Waals surface area contributed by atoms with Gasteiger partial charge in [0.05, 0.1) is 11.2 Å². The molecule has 7 nitrogen and oxygen atoms in total. The molecule has 146 valence electrons. The van der Waals surface area contributed by atoms with Crippen molar-refractivity contribution in [2.45, 2.75) is 24.8 Å². The Bertz CT molecular complexity index is 1030. The van der Waals surface area contributed by atoms with Gasteiger partial charge < -0.3 is 9.73 Å². The smallest absolute Gasteiger partial charge is 0.240 e. The van der Waals surface area contributed by atoms with Gasteiger partial charge in [-0.05, 0) is 48.4 Å². The molecule has 8 heteroatoms. The molecule has 3 aromatic rings. The number of rotatable bonds is 8. The highest BCUT2D eigenvalue weighted by Gasteiger charge is 2.14.